The van der Waals surface area contributed by atoms with E-state index in [4.69, 9.17) is 0 Å². The summed E-state index contributed by atoms with van der Waals surface area (Å²) >= 11 is 0. The molecule has 3 aromatic rings. The van der Waals surface area contributed by atoms with Gasteiger partial charge < -0.3 is 9.67 Å². The monoisotopic (exact) mass is 539 g/mol. The molecule has 1 aliphatic carbocycles. The third-order valence-electron chi connectivity index (χ3n) is 6.66. The summed E-state index contributed by atoms with van der Waals surface area (Å²) in [5.74, 6) is -1.84. The van der Waals surface area contributed by atoms with Gasteiger partial charge in [-0.1, -0.05) is 24.3 Å². The van der Waals surface area contributed by atoms with Crippen molar-refractivity contribution in [2.75, 3.05) is 0 Å². The minimum Gasteiger partial charge on any atom is -0.481 e. The Morgan fingerprint density at radius 2 is 1.91 bits per heavy atom. The van der Waals surface area contributed by atoms with Crippen LogP contribution in [0.5, 0.6) is 0 Å². The highest BCUT2D eigenvalue weighted by Gasteiger charge is 2.32. The summed E-state index contributed by atoms with van der Waals surface area (Å²) in [6.45, 7) is 2.03. The normalized spacial score (nSPS) is 17.2. The summed E-state index contributed by atoms with van der Waals surface area (Å²) in [7, 11) is 5.52. The van der Waals surface area contributed by atoms with Crippen LogP contribution in [0.1, 0.15) is 66.1 Å². The second-order valence-corrected chi connectivity index (χ2v) is 15.0. The molecule has 10 heteroatoms. The average molecular weight is 539 g/mol. The zero-order valence-corrected chi connectivity index (χ0v) is 23.2. The molecule has 0 bridgehead atoms. The molecule has 0 aliphatic heterocycles. The van der Waals surface area contributed by atoms with Gasteiger partial charge in [-0.2, -0.15) is 0 Å². The number of carbonyl (C=O) groups is 1. The number of hydrogen-bond donors (Lipinski definition) is 2. The minimum absolute atomic E-state index is 0.0156. The van der Waals surface area contributed by atoms with Crippen LogP contribution in [0.2, 0.25) is 0 Å². The number of thiol groups is 1. The van der Waals surface area contributed by atoms with Gasteiger partial charge in [0.25, 0.3) is 0 Å². The quantitative estimate of drug-likeness (QED) is 0.323. The van der Waals surface area contributed by atoms with Crippen molar-refractivity contribution in [1.29, 1.82) is 0 Å². The van der Waals surface area contributed by atoms with Gasteiger partial charge in [0.1, 0.15) is 16.5 Å². The van der Waals surface area contributed by atoms with Crippen molar-refractivity contribution < 1.29 is 22.7 Å². The lowest BCUT2D eigenvalue weighted by Gasteiger charge is -2.28. The van der Waals surface area contributed by atoms with Gasteiger partial charge in [-0.05, 0) is 60.6 Å². The molecule has 0 amide bonds. The van der Waals surface area contributed by atoms with Crippen LogP contribution in [0.3, 0.4) is 0 Å². The van der Waals surface area contributed by atoms with Gasteiger partial charge in [0.05, 0.1) is 23.7 Å². The molecule has 1 aliphatic rings. The van der Waals surface area contributed by atoms with Crippen LogP contribution in [0.25, 0.3) is 10.9 Å². The van der Waals surface area contributed by atoms with Crippen molar-refractivity contribution in [3.63, 3.8) is 0 Å². The van der Waals surface area contributed by atoms with Crippen LogP contribution in [-0.2, 0) is 32.3 Å². The van der Waals surface area contributed by atoms with E-state index >= 15 is 0 Å². The fourth-order valence-electron chi connectivity index (χ4n) is 5.21. The van der Waals surface area contributed by atoms with Crippen molar-refractivity contribution >= 4 is 55.3 Å². The predicted octanol–water partition coefficient (Wildman–Crippen LogP) is 5.13. The Bertz CT molecular complexity index is 1320. The molecule has 2 aromatic carbocycles. The van der Waals surface area contributed by atoms with Crippen LogP contribution in [0.15, 0.2) is 36.4 Å². The van der Waals surface area contributed by atoms with Gasteiger partial charge in [0.15, 0.2) is 0 Å². The van der Waals surface area contributed by atoms with Crippen LogP contribution < -0.4 is 0 Å². The first-order valence-corrected chi connectivity index (χ1v) is 14.2. The highest BCUT2D eigenvalue weighted by Crippen LogP contribution is 2.46. The number of carboxylic acids is 1. The topological polar surface area (TPSA) is 76.4 Å². The van der Waals surface area contributed by atoms with E-state index in [1.165, 1.54) is 12.1 Å². The Morgan fingerprint density at radius 3 is 2.50 bits per heavy atom. The summed E-state index contributed by atoms with van der Waals surface area (Å²) in [6.07, 6.45) is 2.24. The number of fused-ring (bicyclic) bond motifs is 3. The first-order valence-electron chi connectivity index (χ1n) is 11.1. The second kappa shape index (κ2) is 9.94. The van der Waals surface area contributed by atoms with Gasteiger partial charge in [-0.15, -0.1) is 27.7 Å². The third-order valence-corrected chi connectivity index (χ3v) is 8.25. The van der Waals surface area contributed by atoms with Crippen LogP contribution in [-0.4, -0.2) is 24.1 Å². The Morgan fingerprint density at radius 1 is 1.24 bits per heavy atom. The van der Waals surface area contributed by atoms with E-state index in [0.717, 1.165) is 35.2 Å². The van der Waals surface area contributed by atoms with Gasteiger partial charge in [-0.25, -0.2) is 12.8 Å². The molecule has 182 valence electrons. The molecule has 4 rings (SSSR count). The molecule has 0 saturated carbocycles. The van der Waals surface area contributed by atoms with E-state index in [0.29, 0.717) is 22.9 Å². The Labute approximate surface area is 207 Å². The molecular formula is C24H29FNO4P3S. The molecule has 0 fully saturated rings. The lowest BCUT2D eigenvalue weighted by molar-refractivity contribution is -0.137. The van der Waals surface area contributed by atoms with E-state index in [9.17, 15) is 22.7 Å². The number of carboxylic acid groups (broad SMARTS) is 1. The molecular weight excluding hydrogens is 510 g/mol. The maximum atomic E-state index is 14.6. The van der Waals surface area contributed by atoms with Gasteiger partial charge in [0.2, 0.25) is 0 Å². The summed E-state index contributed by atoms with van der Waals surface area (Å²) in [5, 5.41) is 10.3. The van der Waals surface area contributed by atoms with E-state index in [-0.39, 0.29) is 28.8 Å². The fourth-order valence-corrected chi connectivity index (χ4v) is 6.31. The lowest BCUT2D eigenvalue weighted by Crippen LogP contribution is -2.20. The molecule has 1 heterocycles. The molecule has 5 atom stereocenters. The molecule has 1 N–H and O–H groups in total. The van der Waals surface area contributed by atoms with Crippen molar-refractivity contribution in [2.24, 2.45) is 0 Å². The number of rotatable bonds is 7. The maximum Gasteiger partial charge on any atom is 0.304 e. The van der Waals surface area contributed by atoms with Gasteiger partial charge in [0, 0.05) is 21.6 Å². The van der Waals surface area contributed by atoms with E-state index in [1.54, 1.807) is 0 Å². The molecule has 34 heavy (non-hydrogen) atoms. The number of nitrogens with zero attached hydrogens (tertiary/aromatic N) is 1. The largest absolute Gasteiger partial charge is 0.481 e. The Balaban J connectivity index is 1.99. The SMILES string of the molecule is C[C@@H](c1ccc(C(P)(P)P)cc1)n1c2c(c3cc(F)cc(C[SH](=O)=O)c31)CCC[C@@H]2CC(=O)O. The molecule has 3 unspecified atom stereocenters. The summed E-state index contributed by atoms with van der Waals surface area (Å²) < 4.78 is 39.8. The highest BCUT2D eigenvalue weighted by molar-refractivity contribution is 7.71. The number of benzene rings is 2. The number of aliphatic carboxylic acids is 1. The lowest BCUT2D eigenvalue weighted by atomic mass is 9.84. The molecule has 5 nitrogen and oxygen atoms in total. The van der Waals surface area contributed by atoms with Crippen molar-refractivity contribution in [1.82, 2.24) is 4.57 Å². The number of aromatic nitrogens is 1. The first-order chi connectivity index (χ1) is 16.0. The average Bonchev–Trinajstić information content (AvgIpc) is 3.07. The predicted molar refractivity (Wildman–Crippen MR) is 145 cm³/mol. The van der Waals surface area contributed by atoms with Crippen molar-refractivity contribution in [3.05, 3.63) is 70.2 Å². The Hall–Kier alpha value is -1.38. The fraction of sp³-hybridized carbons (Fsp3) is 0.375. The van der Waals surface area contributed by atoms with E-state index in [1.807, 2.05) is 31.2 Å². The minimum atomic E-state index is -2.76. The van der Waals surface area contributed by atoms with Gasteiger partial charge in [-0.3, -0.25) is 4.79 Å². The van der Waals surface area contributed by atoms with Crippen LogP contribution in [0, 0.1) is 5.82 Å². The zero-order chi connectivity index (χ0) is 24.8. The number of halogens is 1. The summed E-state index contributed by atoms with van der Waals surface area (Å²) in [6, 6.07) is 10.7. The molecule has 0 spiro atoms. The van der Waals surface area contributed by atoms with Crippen molar-refractivity contribution in [2.45, 2.75) is 55.0 Å². The first kappa shape index (κ1) is 25.7. The van der Waals surface area contributed by atoms with Crippen LogP contribution in [0.4, 0.5) is 4.39 Å². The van der Waals surface area contributed by atoms with E-state index < -0.39 is 22.5 Å². The summed E-state index contributed by atoms with van der Waals surface area (Å²) in [4.78, 5) is 11.7. The zero-order valence-electron chi connectivity index (χ0n) is 18.8. The number of aryl methyl sites for hydroxylation is 1. The highest BCUT2D eigenvalue weighted by atomic mass is 32.2. The number of hydrogen-bond acceptors (Lipinski definition) is 3. The van der Waals surface area contributed by atoms with Crippen molar-refractivity contribution in [3.8, 4) is 0 Å². The van der Waals surface area contributed by atoms with Gasteiger partial charge >= 0.3 is 5.97 Å². The Kier molecular flexibility index (Phi) is 7.51. The van der Waals surface area contributed by atoms with Crippen LogP contribution >= 0.6 is 27.7 Å². The molecule has 1 aromatic heterocycles. The third kappa shape index (κ3) is 5.09. The molecule has 0 radical (unpaired) electrons. The standard InChI is InChI=1S/C24H29FNO4P3S/c1-13(14-5-7-17(8-6-14)24(31,32)33)26-22-15(10-21(27)28)3-2-4-19(22)20-11-18(25)9-16(23(20)26)12-34(29)30/h5-9,11,13,15,34H,2-4,10,12,31-33H2,1H3,(H,27,28)/t13-,15+/m0/s1. The molecule has 0 saturated heterocycles. The van der Waals surface area contributed by atoms with E-state index in [2.05, 4.69) is 32.3 Å². The smallest absolute Gasteiger partial charge is 0.304 e. The summed E-state index contributed by atoms with van der Waals surface area (Å²) in [5.41, 5.74) is 5.04. The maximum absolute atomic E-state index is 14.6. The second-order valence-electron chi connectivity index (χ2n) is 9.10.